The molecule has 3 aromatic rings. The van der Waals surface area contributed by atoms with Crippen LogP contribution in [0.15, 0.2) is 52.5 Å². The molecule has 1 aromatic heterocycles. The second-order valence-corrected chi connectivity index (χ2v) is 7.21. The van der Waals surface area contributed by atoms with Crippen molar-refractivity contribution < 1.29 is 0 Å². The second-order valence-electron chi connectivity index (χ2n) is 6.30. The Bertz CT molecular complexity index is 898. The minimum absolute atomic E-state index is 0.745. The number of benzene rings is 2. The van der Waals surface area contributed by atoms with Crippen molar-refractivity contribution in [1.82, 2.24) is 14.8 Å². The number of rotatable bonds is 3. The van der Waals surface area contributed by atoms with Crippen molar-refractivity contribution in [3.05, 3.63) is 63.6 Å². The van der Waals surface area contributed by atoms with Gasteiger partial charge in [0.05, 0.1) is 0 Å². The summed E-state index contributed by atoms with van der Waals surface area (Å²) < 4.78 is 2.89. The van der Waals surface area contributed by atoms with Crippen molar-refractivity contribution >= 4 is 22.1 Å². The van der Waals surface area contributed by atoms with E-state index >= 15 is 0 Å². The topological polar surface area (TPSA) is 30.7 Å². The summed E-state index contributed by atoms with van der Waals surface area (Å²) in [5.41, 5.74) is 5.68. The smallest absolute Gasteiger partial charge is 0.182 e. The molecule has 0 N–H and O–H groups in total. The fourth-order valence-corrected chi connectivity index (χ4v) is 3.11. The summed E-state index contributed by atoms with van der Waals surface area (Å²) >= 11 is 3.53. The van der Waals surface area contributed by atoms with Gasteiger partial charge in [0, 0.05) is 21.8 Å². The van der Waals surface area contributed by atoms with Gasteiger partial charge >= 0.3 is 0 Å². The van der Waals surface area contributed by atoms with Gasteiger partial charge in [0.2, 0.25) is 0 Å². The predicted molar refractivity (Wildman–Crippen MR) is 104 cm³/mol. The first kappa shape index (κ1) is 16.7. The van der Waals surface area contributed by atoms with Crippen molar-refractivity contribution in [1.29, 1.82) is 0 Å². The van der Waals surface area contributed by atoms with Gasteiger partial charge in [0.25, 0.3) is 0 Å². The van der Waals surface area contributed by atoms with Gasteiger partial charge in [-0.25, -0.2) is 9.67 Å². The van der Waals surface area contributed by atoms with E-state index in [-0.39, 0.29) is 0 Å². The van der Waals surface area contributed by atoms with Gasteiger partial charge in [-0.1, -0.05) is 50.8 Å². The van der Waals surface area contributed by atoms with E-state index < -0.39 is 0 Å². The Balaban J connectivity index is 2.18. The SMILES string of the molecule is CC(C)=Cn1nc(-c2cc(C)cc(C)c2)nc1-c1cccc(Br)c1. The summed E-state index contributed by atoms with van der Waals surface area (Å²) in [5.74, 6) is 1.58. The Labute approximate surface area is 151 Å². The number of hydrogen-bond acceptors (Lipinski definition) is 2. The minimum atomic E-state index is 0.745. The van der Waals surface area contributed by atoms with Crippen LogP contribution in [-0.2, 0) is 0 Å². The molecule has 0 amide bonds. The predicted octanol–water partition coefficient (Wildman–Crippen LogP) is 5.87. The molecule has 0 saturated carbocycles. The molecule has 1 heterocycles. The van der Waals surface area contributed by atoms with Gasteiger partial charge in [-0.3, -0.25) is 0 Å². The number of aryl methyl sites for hydroxylation is 2. The van der Waals surface area contributed by atoms with E-state index in [9.17, 15) is 0 Å². The van der Waals surface area contributed by atoms with Crippen LogP contribution in [0.25, 0.3) is 29.0 Å². The van der Waals surface area contributed by atoms with Crippen LogP contribution in [0.4, 0.5) is 0 Å². The molecule has 0 saturated heterocycles. The standard InChI is InChI=1S/C20H20BrN3/c1-13(2)12-24-20(16-6-5-7-18(21)11-16)22-19(23-24)17-9-14(3)8-15(4)10-17/h5-12H,1-4H3. The second kappa shape index (κ2) is 6.73. The highest BCUT2D eigenvalue weighted by Crippen LogP contribution is 2.26. The fraction of sp³-hybridized carbons (Fsp3) is 0.200. The van der Waals surface area contributed by atoms with E-state index in [1.807, 2.05) is 23.0 Å². The van der Waals surface area contributed by atoms with Crippen LogP contribution in [0.1, 0.15) is 25.0 Å². The fourth-order valence-electron chi connectivity index (χ4n) is 2.71. The van der Waals surface area contributed by atoms with Gasteiger partial charge in [0.15, 0.2) is 11.6 Å². The largest absolute Gasteiger partial charge is 0.220 e. The lowest BCUT2D eigenvalue weighted by Crippen LogP contribution is -1.94. The molecule has 0 bridgehead atoms. The van der Waals surface area contributed by atoms with Crippen LogP contribution in [0.5, 0.6) is 0 Å². The Morgan fingerprint density at radius 1 is 1.00 bits per heavy atom. The van der Waals surface area contributed by atoms with Crippen LogP contribution >= 0.6 is 15.9 Å². The Morgan fingerprint density at radius 3 is 2.33 bits per heavy atom. The van der Waals surface area contributed by atoms with Crippen LogP contribution in [0.2, 0.25) is 0 Å². The van der Waals surface area contributed by atoms with Crippen molar-refractivity contribution in [3.63, 3.8) is 0 Å². The van der Waals surface area contributed by atoms with E-state index in [0.717, 1.165) is 27.2 Å². The average molecular weight is 382 g/mol. The third-order valence-corrected chi connectivity index (χ3v) is 4.07. The molecule has 0 atom stereocenters. The zero-order valence-electron chi connectivity index (χ0n) is 14.3. The maximum Gasteiger partial charge on any atom is 0.182 e. The van der Waals surface area contributed by atoms with E-state index in [1.54, 1.807) is 0 Å². The van der Waals surface area contributed by atoms with Gasteiger partial charge in [-0.05, 0) is 52.0 Å². The number of aromatic nitrogens is 3. The monoisotopic (exact) mass is 381 g/mol. The zero-order valence-corrected chi connectivity index (χ0v) is 15.9. The number of nitrogens with zero attached hydrogens (tertiary/aromatic N) is 3. The van der Waals surface area contributed by atoms with E-state index in [0.29, 0.717) is 0 Å². The number of allylic oxidation sites excluding steroid dienone is 1. The molecule has 0 aliphatic heterocycles. The zero-order chi connectivity index (χ0) is 17.3. The molecule has 24 heavy (non-hydrogen) atoms. The molecule has 4 heteroatoms. The summed E-state index contributed by atoms with van der Waals surface area (Å²) in [6.07, 6.45) is 2.01. The third kappa shape index (κ3) is 3.65. The molecule has 2 aromatic carbocycles. The molecular weight excluding hydrogens is 362 g/mol. The molecule has 0 spiro atoms. The lowest BCUT2D eigenvalue weighted by molar-refractivity contribution is 0.937. The van der Waals surface area contributed by atoms with Gasteiger partial charge in [-0.2, -0.15) is 0 Å². The van der Waals surface area contributed by atoms with E-state index in [2.05, 4.69) is 74.0 Å². The molecular formula is C20H20BrN3. The van der Waals surface area contributed by atoms with Crippen molar-refractivity contribution in [2.45, 2.75) is 27.7 Å². The first-order valence-corrected chi connectivity index (χ1v) is 8.68. The molecule has 0 fully saturated rings. The van der Waals surface area contributed by atoms with Crippen molar-refractivity contribution in [2.75, 3.05) is 0 Å². The van der Waals surface area contributed by atoms with Gasteiger partial charge < -0.3 is 0 Å². The highest BCUT2D eigenvalue weighted by atomic mass is 79.9. The van der Waals surface area contributed by atoms with Crippen LogP contribution < -0.4 is 0 Å². The quantitative estimate of drug-likeness (QED) is 0.567. The van der Waals surface area contributed by atoms with Crippen LogP contribution in [0, 0.1) is 13.8 Å². The molecule has 0 radical (unpaired) electrons. The Hall–Kier alpha value is -2.20. The van der Waals surface area contributed by atoms with E-state index in [4.69, 9.17) is 10.1 Å². The lowest BCUT2D eigenvalue weighted by Gasteiger charge is -2.02. The maximum atomic E-state index is 4.81. The molecule has 122 valence electrons. The molecule has 0 unspecified atom stereocenters. The van der Waals surface area contributed by atoms with Crippen molar-refractivity contribution in [3.8, 4) is 22.8 Å². The average Bonchev–Trinajstić information content (AvgIpc) is 2.89. The van der Waals surface area contributed by atoms with Crippen LogP contribution in [0.3, 0.4) is 0 Å². The summed E-state index contributed by atoms with van der Waals surface area (Å²) in [7, 11) is 0. The summed E-state index contributed by atoms with van der Waals surface area (Å²) in [5, 5.41) is 4.72. The highest BCUT2D eigenvalue weighted by Gasteiger charge is 2.13. The lowest BCUT2D eigenvalue weighted by atomic mass is 10.1. The number of hydrogen-bond donors (Lipinski definition) is 0. The van der Waals surface area contributed by atoms with Crippen molar-refractivity contribution in [2.24, 2.45) is 0 Å². The number of halogens is 1. The Kier molecular flexibility index (Phi) is 4.67. The summed E-state index contributed by atoms with van der Waals surface area (Å²) in [6.45, 7) is 8.31. The molecule has 3 rings (SSSR count). The normalized spacial score (nSPS) is 10.7. The van der Waals surface area contributed by atoms with Gasteiger partial charge in [-0.15, -0.1) is 5.10 Å². The first-order valence-electron chi connectivity index (χ1n) is 7.88. The first-order chi connectivity index (χ1) is 11.4. The molecule has 3 nitrogen and oxygen atoms in total. The molecule has 0 aliphatic carbocycles. The highest BCUT2D eigenvalue weighted by molar-refractivity contribution is 9.10. The van der Waals surface area contributed by atoms with E-state index in [1.165, 1.54) is 16.7 Å². The minimum Gasteiger partial charge on any atom is -0.220 e. The van der Waals surface area contributed by atoms with Crippen LogP contribution in [-0.4, -0.2) is 14.8 Å². The Morgan fingerprint density at radius 2 is 1.71 bits per heavy atom. The maximum absolute atomic E-state index is 4.81. The van der Waals surface area contributed by atoms with Gasteiger partial charge in [0.1, 0.15) is 0 Å². The third-order valence-electron chi connectivity index (χ3n) is 3.57. The molecule has 0 aliphatic rings. The summed E-state index contributed by atoms with van der Waals surface area (Å²) in [4.78, 5) is 4.81. The summed E-state index contributed by atoms with van der Waals surface area (Å²) in [6, 6.07) is 14.5.